The molecule has 0 fully saturated rings. The Bertz CT molecular complexity index is 572. The summed E-state index contributed by atoms with van der Waals surface area (Å²) >= 11 is 0. The Hall–Kier alpha value is -1.81. The van der Waals surface area contributed by atoms with E-state index < -0.39 is 12.1 Å². The molecular weight excluding hydrogens is 242 g/mol. The van der Waals surface area contributed by atoms with Gasteiger partial charge in [0, 0.05) is 30.1 Å². The fourth-order valence-electron chi connectivity index (χ4n) is 2.39. The molecule has 2 aromatic rings. The lowest BCUT2D eigenvalue weighted by molar-refractivity contribution is -0.137. The molecule has 19 heavy (non-hydrogen) atoms. The molecule has 4 nitrogen and oxygen atoms in total. The summed E-state index contributed by atoms with van der Waals surface area (Å²) in [7, 11) is 0. The average molecular weight is 261 g/mol. The molecule has 0 spiro atoms. The molecule has 1 heterocycles. The number of aliphatic hydroxyl groups excluding tert-OH is 1. The van der Waals surface area contributed by atoms with Gasteiger partial charge >= 0.3 is 5.97 Å². The zero-order valence-corrected chi connectivity index (χ0v) is 11.0. The van der Waals surface area contributed by atoms with Crippen molar-refractivity contribution in [3.8, 4) is 0 Å². The van der Waals surface area contributed by atoms with Gasteiger partial charge in [-0.05, 0) is 31.4 Å². The third kappa shape index (κ3) is 3.35. The van der Waals surface area contributed by atoms with E-state index in [-0.39, 0.29) is 6.42 Å². The number of aryl methyl sites for hydroxylation is 1. The van der Waals surface area contributed by atoms with Gasteiger partial charge in [0.1, 0.15) is 0 Å². The van der Waals surface area contributed by atoms with Gasteiger partial charge in [0.15, 0.2) is 0 Å². The second-order valence-corrected chi connectivity index (χ2v) is 4.92. The standard InChI is InChI=1S/C15H19NO3/c1-11(17)9-16-10-12(5-4-8-15(18)19)13-6-2-3-7-14(13)16/h2-3,6-7,10-11,17H,4-5,8-9H2,1H3,(H,18,19). The summed E-state index contributed by atoms with van der Waals surface area (Å²) in [4.78, 5) is 10.6. The quantitative estimate of drug-likeness (QED) is 0.839. The number of fused-ring (bicyclic) bond motifs is 1. The van der Waals surface area contributed by atoms with E-state index in [2.05, 4.69) is 0 Å². The van der Waals surface area contributed by atoms with Crippen molar-refractivity contribution in [2.24, 2.45) is 0 Å². The monoisotopic (exact) mass is 261 g/mol. The van der Waals surface area contributed by atoms with Crippen molar-refractivity contribution in [3.63, 3.8) is 0 Å². The van der Waals surface area contributed by atoms with Crippen molar-refractivity contribution in [2.75, 3.05) is 0 Å². The molecule has 0 saturated heterocycles. The van der Waals surface area contributed by atoms with E-state index in [0.29, 0.717) is 13.0 Å². The van der Waals surface area contributed by atoms with Crippen molar-refractivity contribution in [1.29, 1.82) is 0 Å². The van der Waals surface area contributed by atoms with Crippen LogP contribution in [0.2, 0.25) is 0 Å². The minimum atomic E-state index is -0.757. The van der Waals surface area contributed by atoms with Gasteiger partial charge in [0.25, 0.3) is 0 Å². The summed E-state index contributed by atoms with van der Waals surface area (Å²) in [6.45, 7) is 2.32. The molecule has 0 bridgehead atoms. The van der Waals surface area contributed by atoms with Crippen LogP contribution in [-0.4, -0.2) is 26.9 Å². The number of para-hydroxylation sites is 1. The van der Waals surface area contributed by atoms with Gasteiger partial charge < -0.3 is 14.8 Å². The summed E-state index contributed by atoms with van der Waals surface area (Å²) in [6.07, 6.45) is 3.20. The zero-order chi connectivity index (χ0) is 13.8. The number of aromatic nitrogens is 1. The Labute approximate surface area is 112 Å². The summed E-state index contributed by atoms with van der Waals surface area (Å²) in [5.41, 5.74) is 2.24. The SMILES string of the molecule is CC(O)Cn1cc(CCCC(=O)O)c2ccccc21. The van der Waals surface area contributed by atoms with E-state index in [1.807, 2.05) is 35.0 Å². The van der Waals surface area contributed by atoms with Crippen LogP contribution in [-0.2, 0) is 17.8 Å². The molecule has 102 valence electrons. The van der Waals surface area contributed by atoms with Crippen LogP contribution < -0.4 is 0 Å². The highest BCUT2D eigenvalue weighted by Crippen LogP contribution is 2.23. The lowest BCUT2D eigenvalue weighted by Crippen LogP contribution is -2.10. The van der Waals surface area contributed by atoms with Crippen LogP contribution in [0.25, 0.3) is 10.9 Å². The molecule has 0 aliphatic rings. The van der Waals surface area contributed by atoms with Crippen molar-refractivity contribution in [2.45, 2.75) is 38.8 Å². The Balaban J connectivity index is 2.25. The fourth-order valence-corrected chi connectivity index (χ4v) is 2.39. The first-order chi connectivity index (χ1) is 9.08. The Morgan fingerprint density at radius 2 is 2.11 bits per heavy atom. The van der Waals surface area contributed by atoms with Crippen LogP contribution in [0.15, 0.2) is 30.5 Å². The largest absolute Gasteiger partial charge is 0.481 e. The van der Waals surface area contributed by atoms with Gasteiger partial charge in [-0.3, -0.25) is 4.79 Å². The first-order valence-corrected chi connectivity index (χ1v) is 6.54. The average Bonchev–Trinajstić information content (AvgIpc) is 2.67. The highest BCUT2D eigenvalue weighted by atomic mass is 16.4. The molecule has 0 aliphatic carbocycles. The first kappa shape index (κ1) is 13.6. The number of carboxylic acid groups (broad SMARTS) is 1. The van der Waals surface area contributed by atoms with E-state index in [4.69, 9.17) is 5.11 Å². The number of hydrogen-bond acceptors (Lipinski definition) is 2. The Morgan fingerprint density at radius 1 is 1.37 bits per heavy atom. The Morgan fingerprint density at radius 3 is 2.79 bits per heavy atom. The number of hydrogen-bond donors (Lipinski definition) is 2. The van der Waals surface area contributed by atoms with Gasteiger partial charge in [-0.1, -0.05) is 18.2 Å². The second kappa shape index (κ2) is 5.89. The van der Waals surface area contributed by atoms with Crippen LogP contribution >= 0.6 is 0 Å². The van der Waals surface area contributed by atoms with Gasteiger partial charge in [0.2, 0.25) is 0 Å². The number of carbonyl (C=O) groups is 1. The Kier molecular flexibility index (Phi) is 4.22. The van der Waals surface area contributed by atoms with E-state index >= 15 is 0 Å². The molecule has 1 aromatic carbocycles. The van der Waals surface area contributed by atoms with Gasteiger partial charge in [-0.15, -0.1) is 0 Å². The molecule has 0 aliphatic heterocycles. The number of nitrogens with zero attached hydrogens (tertiary/aromatic N) is 1. The molecule has 2 rings (SSSR count). The zero-order valence-electron chi connectivity index (χ0n) is 11.0. The molecule has 0 amide bonds. The number of rotatable bonds is 6. The highest BCUT2D eigenvalue weighted by Gasteiger charge is 2.09. The third-order valence-corrected chi connectivity index (χ3v) is 3.17. The number of benzene rings is 1. The summed E-state index contributed by atoms with van der Waals surface area (Å²) in [5, 5.41) is 19.4. The number of aliphatic hydroxyl groups is 1. The number of aliphatic carboxylic acids is 1. The summed E-state index contributed by atoms with van der Waals surface area (Å²) in [5.74, 6) is -0.757. The molecule has 1 unspecified atom stereocenters. The smallest absolute Gasteiger partial charge is 0.303 e. The maximum absolute atomic E-state index is 10.6. The lowest BCUT2D eigenvalue weighted by Gasteiger charge is -2.06. The molecule has 0 radical (unpaired) electrons. The van der Waals surface area contributed by atoms with Crippen molar-refractivity contribution in [1.82, 2.24) is 4.57 Å². The van der Waals surface area contributed by atoms with Crippen molar-refractivity contribution >= 4 is 16.9 Å². The summed E-state index contributed by atoms with van der Waals surface area (Å²) in [6, 6.07) is 8.03. The maximum atomic E-state index is 10.6. The fraction of sp³-hybridized carbons (Fsp3) is 0.400. The molecule has 0 saturated carbocycles. The number of carboxylic acids is 1. The highest BCUT2D eigenvalue weighted by molar-refractivity contribution is 5.84. The van der Waals surface area contributed by atoms with E-state index in [9.17, 15) is 9.90 Å². The van der Waals surface area contributed by atoms with Gasteiger partial charge in [-0.2, -0.15) is 0 Å². The van der Waals surface area contributed by atoms with Crippen molar-refractivity contribution < 1.29 is 15.0 Å². The summed E-state index contributed by atoms with van der Waals surface area (Å²) < 4.78 is 2.04. The molecular formula is C15H19NO3. The minimum absolute atomic E-state index is 0.190. The molecule has 4 heteroatoms. The van der Waals surface area contributed by atoms with Crippen molar-refractivity contribution in [3.05, 3.63) is 36.0 Å². The third-order valence-electron chi connectivity index (χ3n) is 3.17. The predicted molar refractivity (Wildman–Crippen MR) is 74.2 cm³/mol. The molecule has 1 atom stereocenters. The minimum Gasteiger partial charge on any atom is -0.481 e. The van der Waals surface area contributed by atoms with E-state index in [1.54, 1.807) is 6.92 Å². The van der Waals surface area contributed by atoms with Crippen LogP contribution in [0.1, 0.15) is 25.3 Å². The van der Waals surface area contributed by atoms with Crippen LogP contribution in [0.4, 0.5) is 0 Å². The van der Waals surface area contributed by atoms with Gasteiger partial charge in [0.05, 0.1) is 6.10 Å². The van der Waals surface area contributed by atoms with E-state index in [1.165, 1.54) is 0 Å². The predicted octanol–water partition coefficient (Wildman–Crippen LogP) is 2.43. The topological polar surface area (TPSA) is 62.5 Å². The van der Waals surface area contributed by atoms with Gasteiger partial charge in [-0.25, -0.2) is 0 Å². The van der Waals surface area contributed by atoms with Crippen LogP contribution in [0.3, 0.4) is 0 Å². The molecule has 2 N–H and O–H groups in total. The lowest BCUT2D eigenvalue weighted by atomic mass is 10.1. The molecule has 1 aromatic heterocycles. The maximum Gasteiger partial charge on any atom is 0.303 e. The van der Waals surface area contributed by atoms with E-state index in [0.717, 1.165) is 22.9 Å². The first-order valence-electron chi connectivity index (χ1n) is 6.54. The van der Waals surface area contributed by atoms with Crippen LogP contribution in [0.5, 0.6) is 0 Å². The second-order valence-electron chi connectivity index (χ2n) is 4.92. The normalized spacial score (nSPS) is 12.7. The van der Waals surface area contributed by atoms with Crippen LogP contribution in [0, 0.1) is 0 Å².